The molecule has 1 fully saturated rings. The summed E-state index contributed by atoms with van der Waals surface area (Å²) in [6, 6.07) is 9.05. The van der Waals surface area contributed by atoms with Gasteiger partial charge in [-0.25, -0.2) is 0 Å². The molecule has 4 heteroatoms. The molecule has 1 aliphatic rings. The molecule has 0 saturated heterocycles. The lowest BCUT2D eigenvalue weighted by Gasteiger charge is -2.32. The molecule has 0 radical (unpaired) electrons. The number of amides is 1. The van der Waals surface area contributed by atoms with Gasteiger partial charge < -0.3 is 10.4 Å². The van der Waals surface area contributed by atoms with Crippen LogP contribution in [0.5, 0.6) is 0 Å². The second-order valence-electron chi connectivity index (χ2n) is 6.13. The Balaban J connectivity index is 1.99. The van der Waals surface area contributed by atoms with E-state index < -0.39 is 11.9 Å². The zero-order chi connectivity index (χ0) is 15.3. The smallest absolute Gasteiger partial charge is 0.312 e. The van der Waals surface area contributed by atoms with E-state index >= 15 is 0 Å². The minimum atomic E-state index is -0.907. The Hall–Kier alpha value is -1.84. The van der Waals surface area contributed by atoms with Crippen LogP contribution in [0.2, 0.25) is 0 Å². The molecule has 1 saturated carbocycles. The van der Waals surface area contributed by atoms with Crippen LogP contribution in [0.1, 0.15) is 50.5 Å². The van der Waals surface area contributed by atoms with Crippen LogP contribution < -0.4 is 5.32 Å². The van der Waals surface area contributed by atoms with Crippen molar-refractivity contribution in [2.24, 2.45) is 5.41 Å². The highest BCUT2D eigenvalue weighted by atomic mass is 16.4. The van der Waals surface area contributed by atoms with Crippen LogP contribution in [0.25, 0.3) is 0 Å². The lowest BCUT2D eigenvalue weighted by Crippen LogP contribution is -2.42. The van der Waals surface area contributed by atoms with Gasteiger partial charge in [0.1, 0.15) is 0 Å². The van der Waals surface area contributed by atoms with Gasteiger partial charge in [0.25, 0.3) is 0 Å². The van der Waals surface area contributed by atoms with Crippen LogP contribution >= 0.6 is 0 Å². The number of benzene rings is 1. The molecule has 0 spiro atoms. The zero-order valence-electron chi connectivity index (χ0n) is 12.5. The Kier molecular flexibility index (Phi) is 4.99. The van der Waals surface area contributed by atoms with E-state index in [-0.39, 0.29) is 17.9 Å². The van der Waals surface area contributed by atoms with Crippen molar-refractivity contribution in [1.29, 1.82) is 0 Å². The third-order valence-electron chi connectivity index (χ3n) is 4.47. The molecule has 114 valence electrons. The number of rotatable bonds is 5. The normalized spacial score (nSPS) is 18.7. The van der Waals surface area contributed by atoms with E-state index in [0.717, 1.165) is 31.2 Å². The number of carbonyl (C=O) groups excluding carboxylic acids is 1. The number of hydrogen-bond donors (Lipinski definition) is 2. The summed E-state index contributed by atoms with van der Waals surface area (Å²) < 4.78 is 0. The molecule has 0 heterocycles. The number of carboxylic acids is 1. The third-order valence-corrected chi connectivity index (χ3v) is 4.47. The molecule has 1 unspecified atom stereocenters. The molecule has 0 aromatic heterocycles. The number of hydrogen-bond acceptors (Lipinski definition) is 2. The first-order valence-electron chi connectivity index (χ1n) is 7.59. The van der Waals surface area contributed by atoms with Crippen LogP contribution in [0.4, 0.5) is 0 Å². The molecule has 4 nitrogen and oxygen atoms in total. The minimum Gasteiger partial charge on any atom is -0.481 e. The van der Waals surface area contributed by atoms with E-state index in [1.54, 1.807) is 12.1 Å². The van der Waals surface area contributed by atoms with Gasteiger partial charge in [-0.15, -0.1) is 0 Å². The van der Waals surface area contributed by atoms with Gasteiger partial charge in [0.15, 0.2) is 0 Å². The quantitative estimate of drug-likeness (QED) is 0.875. The topological polar surface area (TPSA) is 66.4 Å². The minimum absolute atomic E-state index is 0.00983. The number of nitrogens with one attached hydrogen (secondary N) is 1. The van der Waals surface area contributed by atoms with Crippen LogP contribution in [0.15, 0.2) is 30.3 Å². The average Bonchev–Trinajstić information content (AvgIpc) is 2.48. The fourth-order valence-electron chi connectivity index (χ4n) is 3.00. The van der Waals surface area contributed by atoms with E-state index in [1.165, 1.54) is 6.42 Å². The van der Waals surface area contributed by atoms with Crippen LogP contribution in [-0.4, -0.2) is 23.5 Å². The number of carbonyl (C=O) groups is 2. The highest BCUT2D eigenvalue weighted by Crippen LogP contribution is 2.35. The maximum Gasteiger partial charge on any atom is 0.312 e. The second-order valence-corrected chi connectivity index (χ2v) is 6.13. The van der Waals surface area contributed by atoms with Crippen LogP contribution in [0.3, 0.4) is 0 Å². The Labute approximate surface area is 125 Å². The van der Waals surface area contributed by atoms with Gasteiger partial charge in [-0.3, -0.25) is 9.59 Å². The highest BCUT2D eigenvalue weighted by molar-refractivity contribution is 5.83. The van der Waals surface area contributed by atoms with Gasteiger partial charge in [-0.2, -0.15) is 0 Å². The van der Waals surface area contributed by atoms with Crippen molar-refractivity contribution in [3.8, 4) is 0 Å². The van der Waals surface area contributed by atoms with Crippen molar-refractivity contribution >= 4 is 11.9 Å². The maximum absolute atomic E-state index is 12.4. The summed E-state index contributed by atoms with van der Waals surface area (Å²) in [6.07, 6.45) is 5.12. The zero-order valence-corrected chi connectivity index (χ0v) is 12.5. The molecule has 0 bridgehead atoms. The van der Waals surface area contributed by atoms with E-state index in [4.69, 9.17) is 0 Å². The monoisotopic (exact) mass is 289 g/mol. The first-order chi connectivity index (χ1) is 10.0. The summed E-state index contributed by atoms with van der Waals surface area (Å²) in [6.45, 7) is 2.13. The summed E-state index contributed by atoms with van der Waals surface area (Å²) in [5.74, 6) is -1.61. The SMILES string of the molecule is CC1(C(=O)NCC(C(=O)O)c2ccccc2)CCCCC1. The Bertz CT molecular complexity index is 492. The van der Waals surface area contributed by atoms with Gasteiger partial charge in [0.05, 0.1) is 5.92 Å². The van der Waals surface area contributed by atoms with E-state index in [0.29, 0.717) is 0 Å². The molecular weight excluding hydrogens is 266 g/mol. The molecule has 21 heavy (non-hydrogen) atoms. The van der Waals surface area contributed by atoms with E-state index in [9.17, 15) is 14.7 Å². The summed E-state index contributed by atoms with van der Waals surface area (Å²) in [5.41, 5.74) is 0.386. The Morgan fingerprint density at radius 3 is 2.38 bits per heavy atom. The van der Waals surface area contributed by atoms with Gasteiger partial charge in [0.2, 0.25) is 5.91 Å². The first-order valence-corrected chi connectivity index (χ1v) is 7.59. The van der Waals surface area contributed by atoms with Crippen LogP contribution in [0, 0.1) is 5.41 Å². The lowest BCUT2D eigenvalue weighted by molar-refractivity contribution is -0.139. The van der Waals surface area contributed by atoms with Gasteiger partial charge >= 0.3 is 5.97 Å². The van der Waals surface area contributed by atoms with Crippen molar-refractivity contribution in [3.63, 3.8) is 0 Å². The maximum atomic E-state index is 12.4. The summed E-state index contributed by atoms with van der Waals surface area (Å²) in [7, 11) is 0. The Morgan fingerprint density at radius 2 is 1.81 bits per heavy atom. The van der Waals surface area contributed by atoms with E-state index in [2.05, 4.69) is 5.32 Å². The van der Waals surface area contributed by atoms with Crippen molar-refractivity contribution in [1.82, 2.24) is 5.32 Å². The molecule has 0 aliphatic heterocycles. The summed E-state index contributed by atoms with van der Waals surface area (Å²) in [4.78, 5) is 23.8. The fraction of sp³-hybridized carbons (Fsp3) is 0.529. The van der Waals surface area contributed by atoms with Crippen molar-refractivity contribution in [2.45, 2.75) is 44.9 Å². The number of carboxylic acid groups (broad SMARTS) is 1. The molecule has 2 rings (SSSR count). The van der Waals surface area contributed by atoms with Crippen molar-refractivity contribution < 1.29 is 14.7 Å². The Morgan fingerprint density at radius 1 is 1.19 bits per heavy atom. The molecule has 1 aliphatic carbocycles. The van der Waals surface area contributed by atoms with Gasteiger partial charge in [-0.1, -0.05) is 56.5 Å². The summed E-state index contributed by atoms with van der Waals surface area (Å²) in [5, 5.41) is 12.2. The largest absolute Gasteiger partial charge is 0.481 e. The predicted molar refractivity (Wildman–Crippen MR) is 81.0 cm³/mol. The average molecular weight is 289 g/mol. The third kappa shape index (κ3) is 3.84. The molecule has 1 amide bonds. The van der Waals surface area contributed by atoms with Gasteiger partial charge in [-0.05, 0) is 18.4 Å². The molecule has 1 aromatic rings. The summed E-state index contributed by atoms with van der Waals surface area (Å²) >= 11 is 0. The fourth-order valence-corrected chi connectivity index (χ4v) is 3.00. The molecular formula is C17H23NO3. The number of aliphatic carboxylic acids is 1. The molecule has 1 aromatic carbocycles. The highest BCUT2D eigenvalue weighted by Gasteiger charge is 2.35. The lowest BCUT2D eigenvalue weighted by atomic mass is 9.75. The molecule has 1 atom stereocenters. The van der Waals surface area contributed by atoms with Crippen molar-refractivity contribution in [2.75, 3.05) is 6.54 Å². The van der Waals surface area contributed by atoms with Crippen molar-refractivity contribution in [3.05, 3.63) is 35.9 Å². The second kappa shape index (κ2) is 6.74. The van der Waals surface area contributed by atoms with Crippen LogP contribution in [-0.2, 0) is 9.59 Å². The standard InChI is InChI=1S/C17H23NO3/c1-17(10-6-3-7-11-17)16(21)18-12-14(15(19)20)13-8-4-2-5-9-13/h2,4-5,8-9,14H,3,6-7,10-12H2,1H3,(H,18,21)(H,19,20). The van der Waals surface area contributed by atoms with Gasteiger partial charge in [0, 0.05) is 12.0 Å². The first kappa shape index (κ1) is 15.5. The molecule has 2 N–H and O–H groups in total. The predicted octanol–water partition coefficient (Wildman–Crippen LogP) is 2.94. The van der Waals surface area contributed by atoms with E-state index in [1.807, 2.05) is 25.1 Å².